The molecule has 36 heavy (non-hydrogen) atoms. The summed E-state index contributed by atoms with van der Waals surface area (Å²) in [5.74, 6) is 1.77. The fourth-order valence-corrected chi connectivity index (χ4v) is 4.93. The molecule has 0 spiro atoms. The van der Waals surface area contributed by atoms with E-state index in [-0.39, 0.29) is 0 Å². The molecule has 1 aliphatic heterocycles. The maximum Gasteiger partial charge on any atom is 0.191 e. The summed E-state index contributed by atoms with van der Waals surface area (Å²) in [5, 5.41) is 9.08. The van der Waals surface area contributed by atoms with Gasteiger partial charge in [0.15, 0.2) is 40.5 Å². The average molecular weight is 493 g/mol. The molecule has 0 radical (unpaired) electrons. The van der Waals surface area contributed by atoms with Crippen LogP contribution in [-0.2, 0) is 16.9 Å². The second-order valence-corrected chi connectivity index (χ2v) is 9.47. The van der Waals surface area contributed by atoms with Crippen LogP contribution in [0.3, 0.4) is 0 Å². The zero-order valence-corrected chi connectivity index (χ0v) is 20.1. The Balaban J connectivity index is 1.44. The van der Waals surface area contributed by atoms with Crippen LogP contribution in [0.1, 0.15) is 43.0 Å². The van der Waals surface area contributed by atoms with Gasteiger partial charge in [-0.25, -0.2) is 13.8 Å². The summed E-state index contributed by atoms with van der Waals surface area (Å²) < 4.78 is 48.0. The number of halogens is 2. The monoisotopic (exact) mass is 492 g/mol. The van der Waals surface area contributed by atoms with Crippen molar-refractivity contribution in [1.82, 2.24) is 19.7 Å². The lowest BCUT2D eigenvalue weighted by Gasteiger charge is -2.37. The van der Waals surface area contributed by atoms with Crippen molar-refractivity contribution in [2.45, 2.75) is 44.8 Å². The molecule has 1 unspecified atom stereocenters. The number of hydrogen-bond donors (Lipinski definition) is 0. The summed E-state index contributed by atoms with van der Waals surface area (Å²) in [6.07, 6.45) is 5.27. The van der Waals surface area contributed by atoms with Gasteiger partial charge >= 0.3 is 0 Å². The number of aromatic nitrogens is 4. The van der Waals surface area contributed by atoms with Crippen LogP contribution in [0.5, 0.6) is 5.75 Å². The van der Waals surface area contributed by atoms with Gasteiger partial charge in [-0.15, -0.1) is 10.2 Å². The van der Waals surface area contributed by atoms with Crippen molar-refractivity contribution >= 4 is 0 Å². The maximum atomic E-state index is 14.3. The summed E-state index contributed by atoms with van der Waals surface area (Å²) in [6, 6.07) is 9.70. The Hall–Kier alpha value is -3.59. The SMILES string of the molecule is COc1cc(-c2nnc3n2CCCC3(OCC2CC2)c2ccc(F)c(F)c2)ccc1-c1cnc(C)o1. The Labute approximate surface area is 207 Å². The van der Waals surface area contributed by atoms with Gasteiger partial charge in [0, 0.05) is 19.0 Å². The molecule has 0 bridgehead atoms. The van der Waals surface area contributed by atoms with Crippen molar-refractivity contribution in [2.24, 2.45) is 5.92 Å². The van der Waals surface area contributed by atoms with E-state index in [1.807, 2.05) is 22.8 Å². The van der Waals surface area contributed by atoms with Crippen molar-refractivity contribution in [3.63, 3.8) is 0 Å². The lowest BCUT2D eigenvalue weighted by molar-refractivity contribution is -0.0485. The third kappa shape index (κ3) is 3.87. The van der Waals surface area contributed by atoms with E-state index in [0.717, 1.165) is 36.5 Å². The van der Waals surface area contributed by atoms with Crippen LogP contribution in [0.2, 0.25) is 0 Å². The number of nitrogens with zero attached hydrogens (tertiary/aromatic N) is 4. The van der Waals surface area contributed by atoms with Crippen LogP contribution in [0.15, 0.2) is 47.0 Å². The molecule has 0 saturated heterocycles. The fraction of sp³-hybridized carbons (Fsp3) is 0.370. The molecule has 6 rings (SSSR count). The van der Waals surface area contributed by atoms with Crippen LogP contribution in [-0.4, -0.2) is 33.5 Å². The minimum Gasteiger partial charge on any atom is -0.496 e. The predicted molar refractivity (Wildman–Crippen MR) is 127 cm³/mol. The van der Waals surface area contributed by atoms with Crippen LogP contribution >= 0.6 is 0 Å². The van der Waals surface area contributed by atoms with E-state index in [2.05, 4.69) is 15.2 Å². The van der Waals surface area contributed by atoms with Gasteiger partial charge in [0.25, 0.3) is 0 Å². The molecule has 1 aliphatic carbocycles. The first-order chi connectivity index (χ1) is 17.5. The molecular weight excluding hydrogens is 466 g/mol. The zero-order valence-electron chi connectivity index (χ0n) is 20.1. The number of fused-ring (bicyclic) bond motifs is 1. The second kappa shape index (κ2) is 8.81. The molecule has 1 saturated carbocycles. The summed E-state index contributed by atoms with van der Waals surface area (Å²) in [6.45, 7) is 3.01. The third-order valence-electron chi connectivity index (χ3n) is 7.02. The average Bonchev–Trinajstić information content (AvgIpc) is 3.46. The Kier molecular flexibility index (Phi) is 5.59. The smallest absolute Gasteiger partial charge is 0.191 e. The molecule has 2 aliphatic rings. The molecule has 0 N–H and O–H groups in total. The predicted octanol–water partition coefficient (Wildman–Crippen LogP) is 5.66. The van der Waals surface area contributed by atoms with E-state index in [0.29, 0.717) is 60.1 Å². The number of methoxy groups -OCH3 is 1. The van der Waals surface area contributed by atoms with E-state index < -0.39 is 17.2 Å². The number of hydrogen-bond acceptors (Lipinski definition) is 6. The molecule has 0 amide bonds. The fourth-order valence-electron chi connectivity index (χ4n) is 4.93. The Bertz CT molecular complexity index is 1430. The van der Waals surface area contributed by atoms with Crippen LogP contribution < -0.4 is 4.74 Å². The normalized spacial score (nSPS) is 19.3. The Morgan fingerprint density at radius 3 is 2.69 bits per heavy atom. The number of ether oxygens (including phenoxy) is 2. The highest BCUT2D eigenvalue weighted by Gasteiger charge is 2.45. The molecule has 1 fully saturated rings. The molecule has 9 heteroatoms. The minimum absolute atomic E-state index is 0.487. The molecule has 2 aromatic carbocycles. The summed E-state index contributed by atoms with van der Waals surface area (Å²) >= 11 is 0. The summed E-state index contributed by atoms with van der Waals surface area (Å²) in [7, 11) is 1.60. The molecule has 4 aromatic rings. The number of benzene rings is 2. The number of oxazole rings is 1. The number of aryl methyl sites for hydroxylation is 1. The standard InChI is InChI=1S/C27H26F2N4O3/c1-16-30-14-24(36-16)20-8-6-18(12-23(20)34-2)25-31-32-26-27(10-3-11-33(25)26,35-15-17-4-5-17)19-7-9-21(28)22(29)13-19/h6-9,12-14,17H,3-5,10-11,15H2,1-2H3. The largest absolute Gasteiger partial charge is 0.496 e. The highest BCUT2D eigenvalue weighted by molar-refractivity contribution is 5.71. The van der Waals surface area contributed by atoms with Gasteiger partial charge < -0.3 is 18.5 Å². The molecule has 186 valence electrons. The lowest BCUT2D eigenvalue weighted by atomic mass is 9.85. The third-order valence-corrected chi connectivity index (χ3v) is 7.02. The Morgan fingerprint density at radius 2 is 1.97 bits per heavy atom. The van der Waals surface area contributed by atoms with Crippen LogP contribution in [0, 0.1) is 24.5 Å². The maximum absolute atomic E-state index is 14.3. The van der Waals surface area contributed by atoms with Gasteiger partial charge in [-0.1, -0.05) is 12.1 Å². The topological polar surface area (TPSA) is 75.2 Å². The highest BCUT2D eigenvalue weighted by atomic mass is 19.2. The first kappa shape index (κ1) is 22.8. The molecular formula is C27H26F2N4O3. The molecule has 1 atom stereocenters. The van der Waals surface area contributed by atoms with E-state index in [4.69, 9.17) is 13.9 Å². The van der Waals surface area contributed by atoms with E-state index in [1.165, 1.54) is 6.07 Å². The van der Waals surface area contributed by atoms with Crippen molar-refractivity contribution in [3.05, 3.63) is 71.5 Å². The van der Waals surface area contributed by atoms with Crippen LogP contribution in [0.25, 0.3) is 22.7 Å². The van der Waals surface area contributed by atoms with Crippen molar-refractivity contribution in [3.8, 4) is 28.5 Å². The summed E-state index contributed by atoms with van der Waals surface area (Å²) in [5.41, 5.74) is 1.15. The molecule has 3 heterocycles. The number of rotatable bonds is 7. The second-order valence-electron chi connectivity index (χ2n) is 9.47. The van der Waals surface area contributed by atoms with E-state index in [9.17, 15) is 8.78 Å². The Morgan fingerprint density at radius 1 is 1.11 bits per heavy atom. The van der Waals surface area contributed by atoms with Crippen LogP contribution in [0.4, 0.5) is 8.78 Å². The van der Waals surface area contributed by atoms with Gasteiger partial charge in [0.1, 0.15) is 5.75 Å². The van der Waals surface area contributed by atoms with Crippen molar-refractivity contribution in [2.75, 3.05) is 13.7 Å². The highest BCUT2D eigenvalue weighted by Crippen LogP contribution is 2.44. The van der Waals surface area contributed by atoms with Gasteiger partial charge in [0.2, 0.25) is 0 Å². The van der Waals surface area contributed by atoms with E-state index in [1.54, 1.807) is 26.3 Å². The molecule has 7 nitrogen and oxygen atoms in total. The van der Waals surface area contributed by atoms with E-state index >= 15 is 0 Å². The zero-order chi connectivity index (χ0) is 24.9. The van der Waals surface area contributed by atoms with Gasteiger partial charge in [-0.05, 0) is 61.4 Å². The minimum atomic E-state index is -0.998. The lowest BCUT2D eigenvalue weighted by Crippen LogP contribution is -2.39. The first-order valence-corrected chi connectivity index (χ1v) is 12.1. The van der Waals surface area contributed by atoms with Gasteiger partial charge in [-0.2, -0.15) is 0 Å². The first-order valence-electron chi connectivity index (χ1n) is 12.1. The van der Waals surface area contributed by atoms with Crippen molar-refractivity contribution < 1.29 is 22.7 Å². The van der Waals surface area contributed by atoms with Gasteiger partial charge in [0.05, 0.1) is 25.5 Å². The molecule has 2 aromatic heterocycles. The van der Waals surface area contributed by atoms with Gasteiger partial charge in [-0.3, -0.25) is 0 Å². The van der Waals surface area contributed by atoms with Crippen molar-refractivity contribution in [1.29, 1.82) is 0 Å². The summed E-state index contributed by atoms with van der Waals surface area (Å²) in [4.78, 5) is 4.18. The quantitative estimate of drug-likeness (QED) is 0.331.